The smallest absolute Gasteiger partial charge is 0.127 e. The van der Waals surface area contributed by atoms with Crippen LogP contribution in [0.3, 0.4) is 0 Å². The second kappa shape index (κ2) is 9.81. The summed E-state index contributed by atoms with van der Waals surface area (Å²) in [5.41, 5.74) is 3.11. The van der Waals surface area contributed by atoms with Gasteiger partial charge in [-0.2, -0.15) is 0 Å². The number of aryl methyl sites for hydroxylation is 2. The lowest BCUT2D eigenvalue weighted by Gasteiger charge is -2.24. The van der Waals surface area contributed by atoms with Gasteiger partial charge < -0.3 is 0 Å². The lowest BCUT2D eigenvalue weighted by molar-refractivity contribution is 0.357. The Hall–Kier alpha value is -1.37. The van der Waals surface area contributed by atoms with E-state index in [-0.39, 0.29) is 5.82 Å². The number of rotatable bonds is 8. The summed E-state index contributed by atoms with van der Waals surface area (Å²) < 4.78 is 14.4. The van der Waals surface area contributed by atoms with Crippen molar-refractivity contribution in [3.05, 3.63) is 53.4 Å². The summed E-state index contributed by atoms with van der Waals surface area (Å²) in [7, 11) is 0. The van der Waals surface area contributed by atoms with Crippen LogP contribution in [0.2, 0.25) is 0 Å². The van der Waals surface area contributed by atoms with Crippen LogP contribution in [-0.4, -0.2) is 0 Å². The number of hydrogen-bond acceptors (Lipinski definition) is 0. The lowest BCUT2D eigenvalue weighted by Crippen LogP contribution is -2.10. The normalized spacial score (nSPS) is 21.3. The van der Waals surface area contributed by atoms with Crippen molar-refractivity contribution >= 4 is 6.08 Å². The molecule has 0 atom stereocenters. The lowest BCUT2D eigenvalue weighted by atomic mass is 9.82. The molecule has 0 amide bonds. The van der Waals surface area contributed by atoms with Gasteiger partial charge in [-0.3, -0.25) is 0 Å². The highest BCUT2D eigenvalue weighted by Gasteiger charge is 2.17. The van der Waals surface area contributed by atoms with Crippen LogP contribution < -0.4 is 0 Å². The second-order valence-electron chi connectivity index (χ2n) is 7.38. The summed E-state index contributed by atoms with van der Waals surface area (Å²) in [5.74, 6) is 1.30. The molecule has 1 aliphatic carbocycles. The molecule has 0 aromatic heterocycles. The Morgan fingerprint density at radius 2 is 1.79 bits per heavy atom. The average molecular weight is 329 g/mol. The van der Waals surface area contributed by atoms with E-state index in [4.69, 9.17) is 0 Å². The van der Waals surface area contributed by atoms with Crippen molar-refractivity contribution in [1.29, 1.82) is 0 Å². The second-order valence-corrected chi connectivity index (χ2v) is 7.38. The molecule has 0 spiro atoms. The molecule has 1 fully saturated rings. The molecule has 0 aliphatic heterocycles. The van der Waals surface area contributed by atoms with E-state index in [1.165, 1.54) is 50.5 Å². The van der Waals surface area contributed by atoms with Crippen LogP contribution in [0.15, 0.2) is 30.9 Å². The molecule has 2 rings (SSSR count). The zero-order valence-electron chi connectivity index (χ0n) is 15.5. The van der Waals surface area contributed by atoms with E-state index in [1.807, 2.05) is 0 Å². The first kappa shape index (κ1) is 19.0. The fourth-order valence-corrected chi connectivity index (χ4v) is 3.68. The van der Waals surface area contributed by atoms with Gasteiger partial charge in [-0.1, -0.05) is 50.5 Å². The Balaban J connectivity index is 1.94. The van der Waals surface area contributed by atoms with Gasteiger partial charge in [0.05, 0.1) is 0 Å². The molecule has 0 N–H and O–H groups in total. The van der Waals surface area contributed by atoms with Gasteiger partial charge in [0, 0.05) is 0 Å². The predicted octanol–water partition coefficient (Wildman–Crippen LogP) is 7.26. The Labute approximate surface area is 147 Å². The highest BCUT2D eigenvalue weighted by molar-refractivity contribution is 5.55. The van der Waals surface area contributed by atoms with Crippen LogP contribution in [0.4, 0.5) is 4.39 Å². The van der Waals surface area contributed by atoms with Gasteiger partial charge in [-0.25, -0.2) is 4.39 Å². The maximum Gasteiger partial charge on any atom is 0.127 e. The maximum atomic E-state index is 14.4. The van der Waals surface area contributed by atoms with Gasteiger partial charge in [0.2, 0.25) is 0 Å². The van der Waals surface area contributed by atoms with E-state index in [1.54, 1.807) is 6.07 Å². The number of halogens is 1. The first-order chi connectivity index (χ1) is 11.6. The highest BCUT2D eigenvalue weighted by atomic mass is 19.1. The van der Waals surface area contributed by atoms with Crippen LogP contribution in [0.5, 0.6) is 0 Å². The van der Waals surface area contributed by atoms with E-state index in [9.17, 15) is 4.39 Å². The summed E-state index contributed by atoms with van der Waals surface area (Å²) in [6.45, 7) is 8.21. The van der Waals surface area contributed by atoms with Crippen molar-refractivity contribution in [3.63, 3.8) is 0 Å². The third-order valence-electron chi connectivity index (χ3n) is 5.43. The number of hydrogen-bond donors (Lipinski definition) is 0. The standard InChI is InChI=1S/C23H33F/c1-4-6-7-8-9-22-16-18(3)21(17-23(22)24)15-14-20-12-10-19(5-2)11-13-20/h5,14-17,19-20H,2,4,6-13H2,1,3H3/b15-14+. The highest BCUT2D eigenvalue weighted by Crippen LogP contribution is 2.31. The van der Waals surface area contributed by atoms with E-state index < -0.39 is 0 Å². The minimum atomic E-state index is -0.0351. The molecule has 1 aliphatic rings. The molecule has 24 heavy (non-hydrogen) atoms. The molecular weight excluding hydrogens is 295 g/mol. The van der Waals surface area contributed by atoms with Crippen molar-refractivity contribution < 1.29 is 4.39 Å². The largest absolute Gasteiger partial charge is 0.207 e. The molecule has 1 aromatic carbocycles. The van der Waals surface area contributed by atoms with Crippen molar-refractivity contribution in [2.75, 3.05) is 0 Å². The minimum absolute atomic E-state index is 0.0351. The van der Waals surface area contributed by atoms with Crippen LogP contribution in [-0.2, 0) is 6.42 Å². The molecule has 132 valence electrons. The number of unbranched alkanes of at least 4 members (excludes halogenated alkanes) is 3. The molecule has 0 radical (unpaired) electrons. The van der Waals surface area contributed by atoms with E-state index >= 15 is 0 Å². The number of benzene rings is 1. The van der Waals surface area contributed by atoms with E-state index in [0.29, 0.717) is 11.8 Å². The molecule has 0 saturated heterocycles. The first-order valence-corrected chi connectivity index (χ1v) is 9.73. The summed E-state index contributed by atoms with van der Waals surface area (Å²) in [5, 5.41) is 0. The maximum absolute atomic E-state index is 14.4. The Kier molecular flexibility index (Phi) is 7.75. The zero-order chi connectivity index (χ0) is 17.4. The molecule has 0 unspecified atom stereocenters. The van der Waals surface area contributed by atoms with Crippen molar-refractivity contribution in [3.8, 4) is 0 Å². The van der Waals surface area contributed by atoms with E-state index in [0.717, 1.165) is 24.0 Å². The third kappa shape index (κ3) is 5.61. The summed E-state index contributed by atoms with van der Waals surface area (Å²) in [6, 6.07) is 3.78. The molecule has 1 saturated carbocycles. The van der Waals surface area contributed by atoms with Gasteiger partial charge in [-0.15, -0.1) is 6.58 Å². The Morgan fingerprint density at radius 1 is 1.08 bits per heavy atom. The predicted molar refractivity (Wildman–Crippen MR) is 104 cm³/mol. The Morgan fingerprint density at radius 3 is 2.46 bits per heavy atom. The van der Waals surface area contributed by atoms with Crippen LogP contribution >= 0.6 is 0 Å². The quantitative estimate of drug-likeness (QED) is 0.348. The van der Waals surface area contributed by atoms with Gasteiger partial charge in [-0.05, 0) is 80.0 Å². The average Bonchev–Trinajstić information content (AvgIpc) is 2.60. The van der Waals surface area contributed by atoms with Crippen LogP contribution in [0, 0.1) is 24.6 Å². The topological polar surface area (TPSA) is 0 Å². The fraction of sp³-hybridized carbons (Fsp3) is 0.565. The van der Waals surface area contributed by atoms with Gasteiger partial charge in [0.25, 0.3) is 0 Å². The molecular formula is C23H33F. The van der Waals surface area contributed by atoms with E-state index in [2.05, 4.69) is 44.7 Å². The minimum Gasteiger partial charge on any atom is -0.207 e. The van der Waals surface area contributed by atoms with Gasteiger partial charge in [0.15, 0.2) is 0 Å². The first-order valence-electron chi connectivity index (χ1n) is 9.73. The molecule has 0 heterocycles. The van der Waals surface area contributed by atoms with Crippen LogP contribution in [0.1, 0.15) is 75.0 Å². The number of allylic oxidation sites excluding steroid dienone is 2. The fourth-order valence-electron chi connectivity index (χ4n) is 3.68. The molecule has 1 aromatic rings. The third-order valence-corrected chi connectivity index (χ3v) is 5.43. The summed E-state index contributed by atoms with van der Waals surface area (Å²) in [4.78, 5) is 0. The van der Waals surface area contributed by atoms with Crippen molar-refractivity contribution in [2.24, 2.45) is 11.8 Å². The monoisotopic (exact) mass is 328 g/mol. The van der Waals surface area contributed by atoms with Gasteiger partial charge in [0.1, 0.15) is 5.82 Å². The van der Waals surface area contributed by atoms with Crippen LogP contribution in [0.25, 0.3) is 6.08 Å². The molecule has 0 nitrogen and oxygen atoms in total. The Bertz CT molecular complexity index is 547. The summed E-state index contributed by atoms with van der Waals surface area (Å²) in [6.07, 6.45) is 17.1. The van der Waals surface area contributed by atoms with Crippen molar-refractivity contribution in [2.45, 2.75) is 71.6 Å². The zero-order valence-corrected chi connectivity index (χ0v) is 15.5. The SMILES string of the molecule is C=CC1CCC(/C=C/c2cc(F)c(CCCCCC)cc2C)CC1. The van der Waals surface area contributed by atoms with Crippen molar-refractivity contribution in [1.82, 2.24) is 0 Å². The summed E-state index contributed by atoms with van der Waals surface area (Å²) >= 11 is 0. The molecule has 0 bridgehead atoms. The molecule has 1 heteroatoms. The van der Waals surface area contributed by atoms with Gasteiger partial charge >= 0.3 is 0 Å².